The van der Waals surface area contributed by atoms with E-state index in [2.05, 4.69) is 27.5 Å². The van der Waals surface area contributed by atoms with Crippen LogP contribution in [-0.2, 0) is 6.54 Å². The Labute approximate surface area is 140 Å². The summed E-state index contributed by atoms with van der Waals surface area (Å²) in [7, 11) is 1.77. The van der Waals surface area contributed by atoms with Gasteiger partial charge in [-0.15, -0.1) is 11.3 Å². The molecule has 1 unspecified atom stereocenters. The van der Waals surface area contributed by atoms with E-state index in [0.29, 0.717) is 0 Å². The number of nitrogens with zero attached hydrogens (tertiary/aromatic N) is 2. The Morgan fingerprint density at radius 3 is 2.77 bits per heavy atom. The average Bonchev–Trinajstić information content (AvgIpc) is 2.81. The van der Waals surface area contributed by atoms with Crippen molar-refractivity contribution >= 4 is 28.9 Å². The Hall–Kier alpha value is -1.59. The molecule has 4 nitrogen and oxygen atoms in total. The molecule has 1 aromatic heterocycles. The van der Waals surface area contributed by atoms with E-state index in [9.17, 15) is 0 Å². The standard InChI is InChI=1S/C16H21ClN4S/c1-10(13-6-5-7-14(17)8-13)21-16(18-4)19-9-15-11(2)20-12(3)22-15/h5-8,10H,9H2,1-4H3,(H2,18,19,21). The predicted octanol–water partition coefficient (Wildman–Crippen LogP) is 3.84. The molecule has 0 aliphatic carbocycles. The van der Waals surface area contributed by atoms with Gasteiger partial charge in [0, 0.05) is 16.9 Å². The van der Waals surface area contributed by atoms with Crippen LogP contribution in [0.4, 0.5) is 0 Å². The SMILES string of the molecule is CN=C(NCc1sc(C)nc1C)NC(C)c1cccc(Cl)c1. The molecular formula is C16H21ClN4S. The van der Waals surface area contributed by atoms with Crippen molar-refractivity contribution in [1.82, 2.24) is 15.6 Å². The molecule has 2 aromatic rings. The van der Waals surface area contributed by atoms with Crippen LogP contribution in [0, 0.1) is 13.8 Å². The Bertz CT molecular complexity index is 666. The molecule has 22 heavy (non-hydrogen) atoms. The Kier molecular flexibility index (Phi) is 5.80. The highest BCUT2D eigenvalue weighted by atomic mass is 35.5. The van der Waals surface area contributed by atoms with Crippen molar-refractivity contribution in [3.8, 4) is 0 Å². The summed E-state index contributed by atoms with van der Waals surface area (Å²) in [6, 6.07) is 7.96. The van der Waals surface area contributed by atoms with Crippen molar-refractivity contribution in [2.24, 2.45) is 4.99 Å². The second-order valence-electron chi connectivity index (χ2n) is 5.09. The lowest BCUT2D eigenvalue weighted by Gasteiger charge is -2.18. The molecule has 1 atom stereocenters. The molecule has 0 saturated carbocycles. The fourth-order valence-corrected chi connectivity index (χ4v) is 3.24. The lowest BCUT2D eigenvalue weighted by Crippen LogP contribution is -2.38. The van der Waals surface area contributed by atoms with E-state index in [1.54, 1.807) is 18.4 Å². The molecule has 0 aliphatic heterocycles. The van der Waals surface area contributed by atoms with E-state index in [-0.39, 0.29) is 6.04 Å². The van der Waals surface area contributed by atoms with Crippen molar-refractivity contribution in [2.75, 3.05) is 7.05 Å². The number of thiazole rings is 1. The molecule has 1 aromatic carbocycles. The Balaban J connectivity index is 1.96. The van der Waals surface area contributed by atoms with Crippen LogP contribution in [-0.4, -0.2) is 18.0 Å². The fourth-order valence-electron chi connectivity index (χ4n) is 2.16. The number of hydrogen-bond acceptors (Lipinski definition) is 3. The minimum atomic E-state index is 0.120. The topological polar surface area (TPSA) is 49.3 Å². The summed E-state index contributed by atoms with van der Waals surface area (Å²) in [4.78, 5) is 9.94. The molecule has 0 radical (unpaired) electrons. The van der Waals surface area contributed by atoms with Crippen LogP contribution in [0.3, 0.4) is 0 Å². The van der Waals surface area contributed by atoms with Crippen LogP contribution >= 0.6 is 22.9 Å². The number of aryl methyl sites for hydroxylation is 2. The van der Waals surface area contributed by atoms with Crippen molar-refractivity contribution in [2.45, 2.75) is 33.4 Å². The summed E-state index contributed by atoms with van der Waals surface area (Å²) in [5.41, 5.74) is 2.20. The lowest BCUT2D eigenvalue weighted by atomic mass is 10.1. The van der Waals surface area contributed by atoms with Crippen LogP contribution in [0.5, 0.6) is 0 Å². The quantitative estimate of drug-likeness (QED) is 0.658. The van der Waals surface area contributed by atoms with Crippen molar-refractivity contribution in [3.63, 3.8) is 0 Å². The van der Waals surface area contributed by atoms with Gasteiger partial charge >= 0.3 is 0 Å². The van der Waals surface area contributed by atoms with Gasteiger partial charge in [0.1, 0.15) is 0 Å². The maximum absolute atomic E-state index is 6.04. The van der Waals surface area contributed by atoms with E-state index < -0.39 is 0 Å². The van der Waals surface area contributed by atoms with E-state index in [1.165, 1.54) is 4.88 Å². The molecule has 0 bridgehead atoms. The molecule has 2 rings (SSSR count). The molecular weight excluding hydrogens is 316 g/mol. The van der Waals surface area contributed by atoms with Gasteiger partial charge in [0.05, 0.1) is 23.3 Å². The third-order valence-corrected chi connectivity index (χ3v) is 4.65. The van der Waals surface area contributed by atoms with Gasteiger partial charge in [-0.1, -0.05) is 23.7 Å². The highest BCUT2D eigenvalue weighted by Crippen LogP contribution is 2.18. The van der Waals surface area contributed by atoms with Gasteiger partial charge in [0.15, 0.2) is 5.96 Å². The summed E-state index contributed by atoms with van der Waals surface area (Å²) in [6.07, 6.45) is 0. The molecule has 2 N–H and O–H groups in total. The average molecular weight is 337 g/mol. The predicted molar refractivity (Wildman–Crippen MR) is 94.8 cm³/mol. The number of aromatic nitrogens is 1. The number of hydrogen-bond donors (Lipinski definition) is 2. The summed E-state index contributed by atoms with van der Waals surface area (Å²) < 4.78 is 0. The van der Waals surface area contributed by atoms with E-state index in [1.807, 2.05) is 38.1 Å². The lowest BCUT2D eigenvalue weighted by molar-refractivity contribution is 0.686. The van der Waals surface area contributed by atoms with Gasteiger partial charge in [0.2, 0.25) is 0 Å². The van der Waals surface area contributed by atoms with Gasteiger partial charge in [-0.25, -0.2) is 4.98 Å². The molecule has 0 fully saturated rings. The molecule has 1 heterocycles. The van der Waals surface area contributed by atoms with Crippen molar-refractivity contribution in [3.05, 3.63) is 50.4 Å². The van der Waals surface area contributed by atoms with Gasteiger partial charge in [-0.05, 0) is 38.5 Å². The van der Waals surface area contributed by atoms with Gasteiger partial charge in [-0.2, -0.15) is 0 Å². The first kappa shape index (κ1) is 16.8. The van der Waals surface area contributed by atoms with Crippen LogP contribution in [0.15, 0.2) is 29.3 Å². The normalized spacial score (nSPS) is 13.0. The highest BCUT2D eigenvalue weighted by molar-refractivity contribution is 7.11. The largest absolute Gasteiger partial charge is 0.351 e. The number of aliphatic imine (C=N–C) groups is 1. The number of benzene rings is 1. The maximum Gasteiger partial charge on any atom is 0.191 e. The van der Waals surface area contributed by atoms with Gasteiger partial charge in [0.25, 0.3) is 0 Å². The third-order valence-electron chi connectivity index (χ3n) is 3.34. The zero-order chi connectivity index (χ0) is 16.1. The second kappa shape index (κ2) is 7.61. The first-order valence-corrected chi connectivity index (χ1v) is 8.34. The number of nitrogens with one attached hydrogen (secondary N) is 2. The minimum absolute atomic E-state index is 0.120. The Morgan fingerprint density at radius 1 is 1.41 bits per heavy atom. The molecule has 0 amide bonds. The van der Waals surface area contributed by atoms with E-state index in [4.69, 9.17) is 11.6 Å². The van der Waals surface area contributed by atoms with Crippen LogP contribution in [0.25, 0.3) is 0 Å². The maximum atomic E-state index is 6.04. The first-order valence-electron chi connectivity index (χ1n) is 7.15. The van der Waals surface area contributed by atoms with Gasteiger partial charge < -0.3 is 10.6 Å². The fraction of sp³-hybridized carbons (Fsp3) is 0.375. The second-order valence-corrected chi connectivity index (χ2v) is 6.81. The third kappa shape index (κ3) is 4.45. The van der Waals surface area contributed by atoms with E-state index >= 15 is 0 Å². The number of rotatable bonds is 4. The highest BCUT2D eigenvalue weighted by Gasteiger charge is 2.10. The Morgan fingerprint density at radius 2 is 2.18 bits per heavy atom. The minimum Gasteiger partial charge on any atom is -0.351 e. The summed E-state index contributed by atoms with van der Waals surface area (Å²) in [5.74, 6) is 0.762. The number of guanidine groups is 1. The van der Waals surface area contributed by atoms with Crippen molar-refractivity contribution < 1.29 is 0 Å². The summed E-state index contributed by atoms with van der Waals surface area (Å²) in [6.45, 7) is 6.86. The van der Waals surface area contributed by atoms with Crippen LogP contribution in [0.2, 0.25) is 5.02 Å². The molecule has 0 saturated heterocycles. The molecule has 0 aliphatic rings. The smallest absolute Gasteiger partial charge is 0.191 e. The number of halogens is 1. The zero-order valence-corrected chi connectivity index (χ0v) is 14.8. The van der Waals surface area contributed by atoms with Crippen molar-refractivity contribution in [1.29, 1.82) is 0 Å². The zero-order valence-electron chi connectivity index (χ0n) is 13.3. The first-order chi connectivity index (χ1) is 10.5. The molecule has 118 valence electrons. The summed E-state index contributed by atoms with van der Waals surface area (Å²) in [5, 5.41) is 8.53. The molecule has 0 spiro atoms. The van der Waals surface area contributed by atoms with Crippen LogP contribution in [0.1, 0.15) is 34.1 Å². The van der Waals surface area contributed by atoms with E-state index in [0.717, 1.165) is 33.8 Å². The van der Waals surface area contributed by atoms with Gasteiger partial charge in [-0.3, -0.25) is 4.99 Å². The molecule has 6 heteroatoms. The summed E-state index contributed by atoms with van der Waals surface area (Å²) >= 11 is 7.75. The monoisotopic (exact) mass is 336 g/mol. The van der Waals surface area contributed by atoms with Crippen LogP contribution < -0.4 is 10.6 Å².